The van der Waals surface area contributed by atoms with E-state index in [9.17, 15) is 23.1 Å². The van der Waals surface area contributed by atoms with Crippen LogP contribution in [0.2, 0.25) is 0 Å². The molecule has 0 amide bonds. The van der Waals surface area contributed by atoms with E-state index in [1.807, 2.05) is 0 Å². The molecule has 0 bridgehead atoms. The molecule has 0 unspecified atom stereocenters. The summed E-state index contributed by atoms with van der Waals surface area (Å²) in [5, 5.41) is 18.4. The molecule has 0 heterocycles. The van der Waals surface area contributed by atoms with Crippen LogP contribution in [0, 0.1) is 0 Å². The second-order valence-electron chi connectivity index (χ2n) is 4.08. The molecule has 0 spiro atoms. The average molecular weight is 282 g/mol. The lowest BCUT2D eigenvalue weighted by Gasteiger charge is -2.14. The van der Waals surface area contributed by atoms with Crippen molar-refractivity contribution in [2.24, 2.45) is 0 Å². The first-order chi connectivity index (χ1) is 9.30. The van der Waals surface area contributed by atoms with Crippen molar-refractivity contribution < 1.29 is 28.2 Å². The van der Waals surface area contributed by atoms with Crippen molar-refractivity contribution in [3.8, 4) is 16.9 Å². The van der Waals surface area contributed by atoms with Gasteiger partial charge in [0.25, 0.3) is 0 Å². The molecule has 2 aromatic carbocycles. The van der Waals surface area contributed by atoms with Crippen LogP contribution in [0.1, 0.15) is 15.9 Å². The zero-order valence-electron chi connectivity index (χ0n) is 9.98. The van der Waals surface area contributed by atoms with Crippen LogP contribution in [0.15, 0.2) is 42.5 Å². The van der Waals surface area contributed by atoms with E-state index in [4.69, 9.17) is 5.11 Å². The second-order valence-corrected chi connectivity index (χ2v) is 4.08. The van der Waals surface area contributed by atoms with Gasteiger partial charge in [-0.25, -0.2) is 4.79 Å². The third-order valence-electron chi connectivity index (χ3n) is 2.76. The average Bonchev–Trinajstić information content (AvgIpc) is 2.37. The number of aromatic hydroxyl groups is 1. The van der Waals surface area contributed by atoms with Gasteiger partial charge in [0.2, 0.25) is 0 Å². The Bertz CT molecular complexity index is 663. The molecule has 3 nitrogen and oxygen atoms in total. The van der Waals surface area contributed by atoms with Crippen LogP contribution in [0.3, 0.4) is 0 Å². The van der Waals surface area contributed by atoms with Gasteiger partial charge in [0.15, 0.2) is 0 Å². The maximum atomic E-state index is 13.0. The van der Waals surface area contributed by atoms with Gasteiger partial charge in [-0.3, -0.25) is 0 Å². The standard InChI is InChI=1S/C14H9F3O3/c15-14(16,17)12-4-2-1-3-9(12)11-7-8(18)5-6-10(11)13(19)20/h1-7,18H,(H,19,20). The molecular formula is C14H9F3O3. The van der Waals surface area contributed by atoms with E-state index in [0.717, 1.165) is 24.3 Å². The van der Waals surface area contributed by atoms with Crippen LogP contribution in [0.25, 0.3) is 11.1 Å². The van der Waals surface area contributed by atoms with Gasteiger partial charge in [0.1, 0.15) is 5.75 Å². The molecular weight excluding hydrogens is 273 g/mol. The topological polar surface area (TPSA) is 57.5 Å². The molecule has 2 aromatic rings. The van der Waals surface area contributed by atoms with Crippen molar-refractivity contribution in [1.82, 2.24) is 0 Å². The number of carboxylic acids is 1. The summed E-state index contributed by atoms with van der Waals surface area (Å²) in [5.41, 5.74) is -1.72. The summed E-state index contributed by atoms with van der Waals surface area (Å²) in [4.78, 5) is 11.1. The molecule has 2 N–H and O–H groups in total. The summed E-state index contributed by atoms with van der Waals surface area (Å²) in [6.45, 7) is 0. The van der Waals surface area contributed by atoms with E-state index < -0.39 is 17.7 Å². The van der Waals surface area contributed by atoms with Crippen LogP contribution in [0.4, 0.5) is 13.2 Å². The number of hydrogen-bond acceptors (Lipinski definition) is 2. The van der Waals surface area contributed by atoms with Gasteiger partial charge in [-0.05, 0) is 29.8 Å². The Labute approximate surface area is 111 Å². The van der Waals surface area contributed by atoms with Gasteiger partial charge in [0.05, 0.1) is 11.1 Å². The van der Waals surface area contributed by atoms with Gasteiger partial charge in [-0.15, -0.1) is 0 Å². The lowest BCUT2D eigenvalue weighted by Crippen LogP contribution is -2.08. The number of phenols is 1. The lowest BCUT2D eigenvalue weighted by molar-refractivity contribution is -0.137. The van der Waals surface area contributed by atoms with Crippen LogP contribution in [-0.2, 0) is 6.18 Å². The molecule has 0 aliphatic carbocycles. The van der Waals surface area contributed by atoms with E-state index in [1.165, 1.54) is 18.2 Å². The number of aromatic carboxylic acids is 1. The monoisotopic (exact) mass is 282 g/mol. The van der Waals surface area contributed by atoms with Crippen LogP contribution in [0.5, 0.6) is 5.75 Å². The van der Waals surface area contributed by atoms with Crippen molar-refractivity contribution in [1.29, 1.82) is 0 Å². The first-order valence-electron chi connectivity index (χ1n) is 5.53. The minimum atomic E-state index is -4.61. The predicted molar refractivity (Wildman–Crippen MR) is 65.5 cm³/mol. The normalized spacial score (nSPS) is 11.3. The summed E-state index contributed by atoms with van der Waals surface area (Å²) in [7, 11) is 0. The Morgan fingerprint density at radius 3 is 2.25 bits per heavy atom. The van der Waals surface area contributed by atoms with Crippen molar-refractivity contribution in [2.45, 2.75) is 6.18 Å². The molecule has 0 fully saturated rings. The minimum absolute atomic E-state index is 0.176. The fraction of sp³-hybridized carbons (Fsp3) is 0.0714. The van der Waals surface area contributed by atoms with Gasteiger partial charge >= 0.3 is 12.1 Å². The maximum absolute atomic E-state index is 13.0. The first-order valence-corrected chi connectivity index (χ1v) is 5.53. The van der Waals surface area contributed by atoms with E-state index in [0.29, 0.717) is 0 Å². The molecule has 0 atom stereocenters. The van der Waals surface area contributed by atoms with Gasteiger partial charge in [-0.1, -0.05) is 18.2 Å². The lowest BCUT2D eigenvalue weighted by atomic mass is 9.95. The van der Waals surface area contributed by atoms with Crippen molar-refractivity contribution in [3.63, 3.8) is 0 Å². The van der Waals surface area contributed by atoms with Gasteiger partial charge < -0.3 is 10.2 Å². The number of halogens is 3. The number of benzene rings is 2. The quantitative estimate of drug-likeness (QED) is 0.881. The number of hydrogen-bond donors (Lipinski definition) is 2. The molecule has 0 aliphatic rings. The largest absolute Gasteiger partial charge is 0.508 e. The number of carbonyl (C=O) groups is 1. The van der Waals surface area contributed by atoms with Crippen molar-refractivity contribution in [2.75, 3.05) is 0 Å². The number of rotatable bonds is 2. The maximum Gasteiger partial charge on any atom is 0.417 e. The Hall–Kier alpha value is -2.50. The fourth-order valence-corrected chi connectivity index (χ4v) is 1.91. The Morgan fingerprint density at radius 2 is 1.65 bits per heavy atom. The smallest absolute Gasteiger partial charge is 0.417 e. The fourth-order valence-electron chi connectivity index (χ4n) is 1.91. The molecule has 0 radical (unpaired) electrons. The predicted octanol–water partition coefficient (Wildman–Crippen LogP) is 3.78. The van der Waals surface area contributed by atoms with Crippen LogP contribution < -0.4 is 0 Å². The SMILES string of the molecule is O=C(O)c1ccc(O)cc1-c1ccccc1C(F)(F)F. The van der Waals surface area contributed by atoms with Crippen LogP contribution in [-0.4, -0.2) is 16.2 Å². The molecule has 20 heavy (non-hydrogen) atoms. The summed E-state index contributed by atoms with van der Waals surface area (Å²) < 4.78 is 38.9. The van der Waals surface area contributed by atoms with Gasteiger partial charge in [0, 0.05) is 5.56 Å². The highest BCUT2D eigenvalue weighted by molar-refractivity contribution is 5.97. The zero-order chi connectivity index (χ0) is 14.9. The Kier molecular flexibility index (Phi) is 3.40. The molecule has 0 saturated heterocycles. The van der Waals surface area contributed by atoms with E-state index in [2.05, 4.69) is 0 Å². The first kappa shape index (κ1) is 13.9. The molecule has 104 valence electrons. The van der Waals surface area contributed by atoms with E-state index in [-0.39, 0.29) is 22.4 Å². The van der Waals surface area contributed by atoms with Crippen LogP contribution >= 0.6 is 0 Å². The molecule has 0 saturated carbocycles. The number of carboxylic acid groups (broad SMARTS) is 1. The van der Waals surface area contributed by atoms with Crippen molar-refractivity contribution in [3.05, 3.63) is 53.6 Å². The summed E-state index contributed by atoms with van der Waals surface area (Å²) in [6.07, 6.45) is -4.61. The Balaban J connectivity index is 2.75. The number of alkyl halides is 3. The van der Waals surface area contributed by atoms with Gasteiger partial charge in [-0.2, -0.15) is 13.2 Å². The minimum Gasteiger partial charge on any atom is -0.508 e. The summed E-state index contributed by atoms with van der Waals surface area (Å²) >= 11 is 0. The molecule has 2 rings (SSSR count). The highest BCUT2D eigenvalue weighted by atomic mass is 19.4. The van der Waals surface area contributed by atoms with Crippen molar-refractivity contribution >= 4 is 5.97 Å². The third-order valence-corrected chi connectivity index (χ3v) is 2.76. The third kappa shape index (κ3) is 2.59. The zero-order valence-corrected chi connectivity index (χ0v) is 9.98. The second kappa shape index (κ2) is 4.88. The number of phenolic OH excluding ortho intramolecular Hbond substituents is 1. The summed E-state index contributed by atoms with van der Waals surface area (Å²) in [6, 6.07) is 7.82. The van der Waals surface area contributed by atoms with E-state index in [1.54, 1.807) is 0 Å². The van der Waals surface area contributed by atoms with E-state index >= 15 is 0 Å². The highest BCUT2D eigenvalue weighted by Crippen LogP contribution is 2.39. The molecule has 6 heteroatoms. The molecule has 0 aromatic heterocycles. The summed E-state index contributed by atoms with van der Waals surface area (Å²) in [5.74, 6) is -1.67. The highest BCUT2D eigenvalue weighted by Gasteiger charge is 2.34. The Morgan fingerprint density at radius 1 is 1.00 bits per heavy atom. The molecule has 0 aliphatic heterocycles.